The molecule has 0 spiro atoms. The zero-order valence-electron chi connectivity index (χ0n) is 20.5. The van der Waals surface area contributed by atoms with E-state index >= 15 is 0 Å². The van der Waals surface area contributed by atoms with Crippen molar-refractivity contribution in [1.29, 1.82) is 0 Å². The van der Waals surface area contributed by atoms with Gasteiger partial charge in [-0.3, -0.25) is 0 Å². The average Bonchev–Trinajstić information content (AvgIpc) is 2.77. The van der Waals surface area contributed by atoms with Gasteiger partial charge in [0.15, 0.2) is 5.96 Å². The molecule has 0 saturated carbocycles. The zero-order chi connectivity index (χ0) is 23.2. The Morgan fingerprint density at radius 2 is 1.79 bits per heavy atom. The highest BCUT2D eigenvalue weighted by Crippen LogP contribution is 2.17. The summed E-state index contributed by atoms with van der Waals surface area (Å²) in [6.45, 7) is 7.28. The predicted octanol–water partition coefficient (Wildman–Crippen LogP) is 4.77. The Morgan fingerprint density at radius 3 is 2.45 bits per heavy atom. The molecule has 2 aromatic carbocycles. The van der Waals surface area contributed by atoms with Crippen molar-refractivity contribution in [2.24, 2.45) is 4.99 Å². The number of aliphatic imine (C=N–C) groups is 1. The van der Waals surface area contributed by atoms with Crippen molar-refractivity contribution in [3.05, 3.63) is 54.1 Å². The quantitative estimate of drug-likeness (QED) is 0.157. The number of rotatable bonds is 13. The van der Waals surface area contributed by atoms with Gasteiger partial charge >= 0.3 is 0 Å². The Kier molecular flexibility index (Phi) is 14.5. The first-order valence-corrected chi connectivity index (χ1v) is 11.1. The van der Waals surface area contributed by atoms with E-state index in [-0.39, 0.29) is 30.1 Å². The molecule has 0 amide bonds. The third-order valence-corrected chi connectivity index (χ3v) is 4.53. The van der Waals surface area contributed by atoms with Crippen molar-refractivity contribution < 1.29 is 14.2 Å². The van der Waals surface area contributed by atoms with Crippen LogP contribution in [0.25, 0.3) is 0 Å². The maximum absolute atomic E-state index is 5.73. The average molecular weight is 571 g/mol. The van der Waals surface area contributed by atoms with Gasteiger partial charge in [-0.15, -0.1) is 24.0 Å². The molecule has 2 rings (SSSR count). The summed E-state index contributed by atoms with van der Waals surface area (Å²) >= 11 is 0. The third kappa shape index (κ3) is 12.1. The molecular weight excluding hydrogens is 531 g/mol. The fourth-order valence-electron chi connectivity index (χ4n) is 2.89. The van der Waals surface area contributed by atoms with Crippen molar-refractivity contribution in [2.75, 3.05) is 57.8 Å². The summed E-state index contributed by atoms with van der Waals surface area (Å²) in [6.07, 6.45) is 1.03. The minimum Gasteiger partial charge on any atom is -0.491 e. The number of anilines is 2. The molecule has 0 radical (unpaired) electrons. The van der Waals surface area contributed by atoms with E-state index in [0.717, 1.165) is 41.6 Å². The molecule has 184 valence electrons. The molecule has 33 heavy (non-hydrogen) atoms. The van der Waals surface area contributed by atoms with Crippen LogP contribution < -0.4 is 20.3 Å². The lowest BCUT2D eigenvalue weighted by atomic mass is 10.2. The zero-order valence-corrected chi connectivity index (χ0v) is 22.8. The predicted molar refractivity (Wildman–Crippen MR) is 148 cm³/mol. The lowest BCUT2D eigenvalue weighted by Crippen LogP contribution is -2.32. The molecule has 0 fully saturated rings. The molecule has 0 aliphatic rings. The highest BCUT2D eigenvalue weighted by molar-refractivity contribution is 14.0. The van der Waals surface area contributed by atoms with E-state index in [2.05, 4.69) is 39.8 Å². The number of hydrogen-bond acceptors (Lipinski definition) is 5. The third-order valence-electron chi connectivity index (χ3n) is 4.53. The Bertz CT molecular complexity index is 814. The Balaban J connectivity index is 0.00000544. The summed E-state index contributed by atoms with van der Waals surface area (Å²) in [4.78, 5) is 6.88. The van der Waals surface area contributed by atoms with Crippen LogP contribution in [0.1, 0.15) is 25.8 Å². The van der Waals surface area contributed by atoms with E-state index < -0.39 is 0 Å². The monoisotopic (exact) mass is 570 g/mol. The smallest absolute Gasteiger partial charge is 0.196 e. The molecule has 0 atom stereocenters. The number of nitrogens with zero attached hydrogens (tertiary/aromatic N) is 2. The maximum Gasteiger partial charge on any atom is 0.196 e. The summed E-state index contributed by atoms with van der Waals surface area (Å²) in [6, 6.07) is 16.3. The van der Waals surface area contributed by atoms with Gasteiger partial charge in [-0.2, -0.15) is 0 Å². The number of hydrogen-bond donors (Lipinski definition) is 2. The van der Waals surface area contributed by atoms with Crippen LogP contribution in [-0.2, 0) is 16.0 Å². The van der Waals surface area contributed by atoms with Crippen LogP contribution in [0.4, 0.5) is 11.4 Å². The van der Waals surface area contributed by atoms with E-state index in [0.29, 0.717) is 26.4 Å². The molecule has 8 heteroatoms. The number of benzene rings is 2. The largest absolute Gasteiger partial charge is 0.491 e. The van der Waals surface area contributed by atoms with E-state index in [1.807, 2.05) is 52.2 Å². The van der Waals surface area contributed by atoms with Crippen LogP contribution >= 0.6 is 24.0 Å². The molecule has 2 N–H and O–H groups in total. The van der Waals surface area contributed by atoms with E-state index in [9.17, 15) is 0 Å². The molecule has 0 bridgehead atoms. The highest BCUT2D eigenvalue weighted by atomic mass is 127. The molecule has 0 aliphatic heterocycles. The number of guanidine groups is 1. The molecule has 0 aliphatic carbocycles. The number of nitrogens with one attached hydrogen (secondary N) is 2. The molecule has 2 aromatic rings. The fourth-order valence-corrected chi connectivity index (χ4v) is 2.89. The maximum atomic E-state index is 5.73. The number of methoxy groups -OCH3 is 1. The Morgan fingerprint density at radius 1 is 1.03 bits per heavy atom. The molecule has 0 heterocycles. The van der Waals surface area contributed by atoms with Crippen molar-refractivity contribution >= 4 is 41.3 Å². The van der Waals surface area contributed by atoms with Gasteiger partial charge in [0.05, 0.1) is 25.9 Å². The van der Waals surface area contributed by atoms with Crippen molar-refractivity contribution in [2.45, 2.75) is 32.9 Å². The van der Waals surface area contributed by atoms with Crippen molar-refractivity contribution in [3.8, 4) is 5.75 Å². The van der Waals surface area contributed by atoms with Crippen LogP contribution in [0.15, 0.2) is 53.5 Å². The number of halogens is 1. The van der Waals surface area contributed by atoms with Gasteiger partial charge in [0.2, 0.25) is 0 Å². The van der Waals surface area contributed by atoms with Gasteiger partial charge in [-0.25, -0.2) is 4.99 Å². The molecule has 0 unspecified atom stereocenters. The van der Waals surface area contributed by atoms with E-state index in [1.165, 1.54) is 0 Å². The second kappa shape index (κ2) is 16.6. The second-order valence-corrected chi connectivity index (χ2v) is 7.93. The van der Waals surface area contributed by atoms with Crippen LogP contribution in [0.3, 0.4) is 0 Å². The SMILES string of the molecule is COCCOCCCNC(=NCc1cccc(N(C)C)c1)Nc1ccc(OC(C)C)cc1.I. The van der Waals surface area contributed by atoms with E-state index in [1.54, 1.807) is 7.11 Å². The van der Waals surface area contributed by atoms with Crippen molar-refractivity contribution in [1.82, 2.24) is 5.32 Å². The summed E-state index contributed by atoms with van der Waals surface area (Å²) in [5.41, 5.74) is 3.26. The standard InChI is InChI=1S/C25H38N4O3.HI/c1-20(2)32-24-12-10-22(11-13-24)28-25(26-14-7-15-31-17-16-30-5)27-19-21-8-6-9-23(18-21)29(3)4;/h6,8-13,18,20H,7,14-17,19H2,1-5H3,(H2,26,27,28);1H. The molecular formula is C25H39IN4O3. The first kappa shape index (κ1) is 29.0. The minimum absolute atomic E-state index is 0. The van der Waals surface area contributed by atoms with Gasteiger partial charge in [0, 0.05) is 45.7 Å². The number of ether oxygens (including phenoxy) is 3. The Labute approximate surface area is 215 Å². The van der Waals surface area contributed by atoms with Crippen LogP contribution in [0.2, 0.25) is 0 Å². The topological polar surface area (TPSA) is 67.4 Å². The summed E-state index contributed by atoms with van der Waals surface area (Å²) in [5.74, 6) is 1.58. The van der Waals surface area contributed by atoms with Gasteiger partial charge < -0.3 is 29.7 Å². The van der Waals surface area contributed by atoms with Crippen LogP contribution in [0.5, 0.6) is 5.75 Å². The first-order valence-electron chi connectivity index (χ1n) is 11.1. The summed E-state index contributed by atoms with van der Waals surface area (Å²) in [5, 5.41) is 6.79. The summed E-state index contributed by atoms with van der Waals surface area (Å²) < 4.78 is 16.3. The van der Waals surface area contributed by atoms with Crippen LogP contribution in [-0.4, -0.2) is 59.6 Å². The Hall–Kier alpha value is -2.04. The lowest BCUT2D eigenvalue weighted by molar-refractivity contribution is 0.0699. The summed E-state index contributed by atoms with van der Waals surface area (Å²) in [7, 11) is 5.76. The molecule has 0 aromatic heterocycles. The minimum atomic E-state index is 0. The normalized spacial score (nSPS) is 11.2. The first-order chi connectivity index (χ1) is 15.5. The van der Waals surface area contributed by atoms with Gasteiger partial charge in [-0.1, -0.05) is 12.1 Å². The molecule has 0 saturated heterocycles. The van der Waals surface area contributed by atoms with Crippen molar-refractivity contribution in [3.63, 3.8) is 0 Å². The molecule has 7 nitrogen and oxygen atoms in total. The van der Waals surface area contributed by atoms with Gasteiger partial charge in [0.1, 0.15) is 5.75 Å². The van der Waals surface area contributed by atoms with Gasteiger partial charge in [-0.05, 0) is 62.2 Å². The van der Waals surface area contributed by atoms with Crippen LogP contribution in [0, 0.1) is 0 Å². The van der Waals surface area contributed by atoms with E-state index in [4.69, 9.17) is 19.2 Å². The highest BCUT2D eigenvalue weighted by Gasteiger charge is 2.04. The lowest BCUT2D eigenvalue weighted by Gasteiger charge is -2.15. The second-order valence-electron chi connectivity index (χ2n) is 7.93. The fraction of sp³-hybridized carbons (Fsp3) is 0.480. The van der Waals surface area contributed by atoms with Gasteiger partial charge in [0.25, 0.3) is 0 Å².